The molecular weight excluding hydrogens is 228 g/mol. The van der Waals surface area contributed by atoms with E-state index >= 15 is 0 Å². The van der Waals surface area contributed by atoms with E-state index in [0.29, 0.717) is 6.42 Å². The first kappa shape index (κ1) is 10.6. The molecule has 3 rings (SSSR count). The number of phenolic OH excluding ortho intramolecular Hbond substituents is 1. The third kappa shape index (κ3) is 1.66. The summed E-state index contributed by atoms with van der Waals surface area (Å²) in [5, 5.41) is 17.6. The Balaban J connectivity index is 2.10. The van der Waals surface area contributed by atoms with Gasteiger partial charge in [-0.3, -0.25) is 0 Å². The topological polar surface area (TPSA) is 77.0 Å². The molecule has 0 bridgehead atoms. The van der Waals surface area contributed by atoms with Crippen LogP contribution in [0.25, 0.3) is 11.0 Å². The van der Waals surface area contributed by atoms with E-state index in [1.54, 1.807) is 12.1 Å². The quantitative estimate of drug-likeness (QED) is 0.664. The Kier molecular flexibility index (Phi) is 2.37. The largest absolute Gasteiger partial charge is 0.508 e. The van der Waals surface area contributed by atoms with E-state index in [9.17, 15) is 5.11 Å². The lowest BCUT2D eigenvalue weighted by atomic mass is 10.0. The molecule has 0 radical (unpaired) electrons. The lowest BCUT2D eigenvalue weighted by Gasteiger charge is -2.06. The number of nitrogens with zero attached hydrogens (tertiary/aromatic N) is 3. The minimum Gasteiger partial charge on any atom is -0.508 e. The molecule has 2 aromatic carbocycles. The van der Waals surface area contributed by atoms with E-state index < -0.39 is 0 Å². The maximum atomic E-state index is 9.79. The van der Waals surface area contributed by atoms with Crippen molar-refractivity contribution in [3.8, 4) is 5.75 Å². The van der Waals surface area contributed by atoms with Crippen molar-refractivity contribution in [1.29, 1.82) is 0 Å². The molecule has 0 atom stereocenters. The molecule has 0 spiro atoms. The number of aromatic hydroxyl groups is 1. The average Bonchev–Trinajstić information content (AvgIpc) is 2.75. The standard InChI is InChI=1S/C13H12N4O/c14-17-13-10(5-3-6-11(13)15-16-17)8-9-4-1-2-7-12(9)18/h1-7,18H,8,14H2. The van der Waals surface area contributed by atoms with Crippen molar-refractivity contribution in [3.05, 3.63) is 53.6 Å². The van der Waals surface area contributed by atoms with E-state index in [1.165, 1.54) is 4.79 Å². The molecule has 5 nitrogen and oxygen atoms in total. The van der Waals surface area contributed by atoms with Crippen molar-refractivity contribution in [2.75, 3.05) is 5.84 Å². The van der Waals surface area contributed by atoms with E-state index in [2.05, 4.69) is 10.3 Å². The summed E-state index contributed by atoms with van der Waals surface area (Å²) in [4.78, 5) is 1.27. The summed E-state index contributed by atoms with van der Waals surface area (Å²) in [6.45, 7) is 0. The van der Waals surface area contributed by atoms with Crippen LogP contribution in [0.2, 0.25) is 0 Å². The van der Waals surface area contributed by atoms with Crippen molar-refractivity contribution >= 4 is 11.0 Å². The van der Waals surface area contributed by atoms with Crippen LogP contribution < -0.4 is 5.84 Å². The minimum atomic E-state index is 0.283. The van der Waals surface area contributed by atoms with Gasteiger partial charge in [-0.25, -0.2) is 0 Å². The van der Waals surface area contributed by atoms with Crippen molar-refractivity contribution in [2.45, 2.75) is 6.42 Å². The fourth-order valence-electron chi connectivity index (χ4n) is 2.07. The summed E-state index contributed by atoms with van der Waals surface area (Å²) in [6, 6.07) is 13.0. The first-order chi connectivity index (χ1) is 8.75. The second kappa shape index (κ2) is 4.03. The van der Waals surface area contributed by atoms with Gasteiger partial charge in [-0.05, 0) is 28.5 Å². The molecule has 3 N–H and O–H groups in total. The van der Waals surface area contributed by atoms with Gasteiger partial charge in [0.05, 0.1) is 0 Å². The van der Waals surface area contributed by atoms with Crippen LogP contribution in [0.1, 0.15) is 11.1 Å². The average molecular weight is 240 g/mol. The number of hydrogen-bond acceptors (Lipinski definition) is 4. The summed E-state index contributed by atoms with van der Waals surface area (Å²) in [6.07, 6.45) is 0.592. The zero-order chi connectivity index (χ0) is 12.5. The molecule has 0 aliphatic carbocycles. The predicted molar refractivity (Wildman–Crippen MR) is 68.6 cm³/mol. The summed E-state index contributed by atoms with van der Waals surface area (Å²) in [5.74, 6) is 6.03. The molecule has 0 unspecified atom stereocenters. The molecule has 0 aliphatic heterocycles. The number of para-hydroxylation sites is 2. The summed E-state index contributed by atoms with van der Waals surface area (Å²) >= 11 is 0. The normalized spacial score (nSPS) is 10.9. The number of aromatic nitrogens is 3. The monoisotopic (exact) mass is 240 g/mol. The van der Waals surface area contributed by atoms with Gasteiger partial charge >= 0.3 is 0 Å². The molecule has 5 heteroatoms. The second-order valence-corrected chi connectivity index (χ2v) is 4.12. The Hall–Kier alpha value is -2.56. The van der Waals surface area contributed by atoms with Gasteiger partial charge in [-0.2, -0.15) is 4.79 Å². The highest BCUT2D eigenvalue weighted by Crippen LogP contribution is 2.23. The van der Waals surface area contributed by atoms with Crippen LogP contribution in [-0.2, 0) is 6.42 Å². The van der Waals surface area contributed by atoms with Gasteiger partial charge in [-0.1, -0.05) is 30.3 Å². The fraction of sp³-hybridized carbons (Fsp3) is 0.0769. The number of nitrogens with two attached hydrogens (primary N) is 1. The maximum Gasteiger partial charge on any atom is 0.119 e. The molecule has 0 saturated carbocycles. The van der Waals surface area contributed by atoms with Crippen LogP contribution in [0.3, 0.4) is 0 Å². The zero-order valence-electron chi connectivity index (χ0n) is 9.61. The number of nitrogen functional groups attached to an aromatic ring is 1. The van der Waals surface area contributed by atoms with Gasteiger partial charge in [0.1, 0.15) is 16.8 Å². The molecule has 0 aliphatic rings. The molecule has 1 aromatic heterocycles. The molecule has 3 aromatic rings. The summed E-state index contributed by atoms with van der Waals surface area (Å²) in [7, 11) is 0. The van der Waals surface area contributed by atoms with E-state index in [-0.39, 0.29) is 5.75 Å². The van der Waals surface area contributed by atoms with Crippen LogP contribution in [0, 0.1) is 0 Å². The number of fused-ring (bicyclic) bond motifs is 1. The number of phenols is 1. The van der Waals surface area contributed by atoms with Crippen molar-refractivity contribution < 1.29 is 5.11 Å². The molecule has 18 heavy (non-hydrogen) atoms. The predicted octanol–water partition coefficient (Wildman–Crippen LogP) is 1.44. The van der Waals surface area contributed by atoms with Crippen LogP contribution in [0.4, 0.5) is 0 Å². The number of benzene rings is 2. The van der Waals surface area contributed by atoms with Gasteiger partial charge in [0.25, 0.3) is 0 Å². The Morgan fingerprint density at radius 3 is 2.67 bits per heavy atom. The Bertz CT molecular complexity index is 705. The second-order valence-electron chi connectivity index (χ2n) is 4.12. The van der Waals surface area contributed by atoms with Crippen LogP contribution in [0.5, 0.6) is 5.75 Å². The van der Waals surface area contributed by atoms with Crippen LogP contribution in [0.15, 0.2) is 42.5 Å². The fourth-order valence-corrected chi connectivity index (χ4v) is 2.07. The molecule has 0 amide bonds. The first-order valence-electron chi connectivity index (χ1n) is 5.61. The molecule has 1 heterocycles. The smallest absolute Gasteiger partial charge is 0.119 e. The van der Waals surface area contributed by atoms with Gasteiger partial charge in [0, 0.05) is 6.42 Å². The number of rotatable bonds is 2. The summed E-state index contributed by atoms with van der Waals surface area (Å²) in [5.41, 5.74) is 3.39. The Labute approximate surface area is 103 Å². The molecule has 90 valence electrons. The van der Waals surface area contributed by atoms with Gasteiger partial charge in [0.15, 0.2) is 0 Å². The maximum absolute atomic E-state index is 9.79. The summed E-state index contributed by atoms with van der Waals surface area (Å²) < 4.78 is 0. The molecule has 0 fully saturated rings. The van der Waals surface area contributed by atoms with Crippen molar-refractivity contribution in [1.82, 2.24) is 15.1 Å². The number of hydrogen-bond donors (Lipinski definition) is 2. The SMILES string of the molecule is Nn1nnc2cccc(Cc3ccccc3O)c21. The van der Waals surface area contributed by atoms with E-state index in [4.69, 9.17) is 5.84 Å². The Morgan fingerprint density at radius 2 is 1.83 bits per heavy atom. The molecule has 0 saturated heterocycles. The third-order valence-electron chi connectivity index (χ3n) is 2.95. The molecular formula is C13H12N4O. The highest BCUT2D eigenvalue weighted by Gasteiger charge is 2.09. The van der Waals surface area contributed by atoms with Crippen LogP contribution in [-0.4, -0.2) is 20.2 Å². The van der Waals surface area contributed by atoms with E-state index in [1.807, 2.05) is 30.3 Å². The Morgan fingerprint density at radius 1 is 1.06 bits per heavy atom. The zero-order valence-corrected chi connectivity index (χ0v) is 9.61. The lowest BCUT2D eigenvalue weighted by molar-refractivity contribution is 0.469. The third-order valence-corrected chi connectivity index (χ3v) is 2.95. The van der Waals surface area contributed by atoms with Gasteiger partial charge < -0.3 is 10.9 Å². The van der Waals surface area contributed by atoms with Crippen molar-refractivity contribution in [2.24, 2.45) is 0 Å². The first-order valence-corrected chi connectivity index (χ1v) is 5.61. The minimum absolute atomic E-state index is 0.283. The van der Waals surface area contributed by atoms with Gasteiger partial charge in [-0.15, -0.1) is 5.10 Å². The van der Waals surface area contributed by atoms with Crippen LogP contribution >= 0.6 is 0 Å². The highest BCUT2D eigenvalue weighted by atomic mass is 16.3. The van der Waals surface area contributed by atoms with Crippen molar-refractivity contribution in [3.63, 3.8) is 0 Å². The highest BCUT2D eigenvalue weighted by molar-refractivity contribution is 5.78. The van der Waals surface area contributed by atoms with E-state index in [0.717, 1.165) is 22.2 Å². The van der Waals surface area contributed by atoms with Gasteiger partial charge in [0.2, 0.25) is 0 Å². The lowest BCUT2D eigenvalue weighted by Crippen LogP contribution is -2.11.